The van der Waals surface area contributed by atoms with Gasteiger partial charge < -0.3 is 59.4 Å². The highest BCUT2D eigenvalue weighted by molar-refractivity contribution is 8.27. The van der Waals surface area contributed by atoms with E-state index in [1.807, 2.05) is 219 Å². The topological polar surface area (TPSA) is 169 Å². The van der Waals surface area contributed by atoms with E-state index >= 15 is 0 Å². The van der Waals surface area contributed by atoms with Crippen LogP contribution in [0.1, 0.15) is 75.6 Å². The molecule has 3 amide bonds. The van der Waals surface area contributed by atoms with Crippen molar-refractivity contribution < 1.29 is 29.1 Å². The first kappa shape index (κ1) is 143. The standard InChI is InChI=1S/C14H20N2S4.C10H9NOS2.C10H13NS2.C8H10N2S2.C7H15NS2.C6H7NOS2.C6H13NS2.C6H11NS2.C5H9NO2S2.C5H11NS2.C4H5NOS2.C4H9NS2.C4H4OS2/c1-15(2)13(17)19-9-11-5-7-12(8-6-11)10-20-14(18)16(3)4;12-9-7-14-10(13)11(9)6-8-4-2-1-3-5-8;1-11(2)10(12)13-8-9-6-4-3-5-7-9;1-2-12-8(11)10-7-5-3-4-6-9-7;1-4-5-6-10-7(9)8(2)3;1-2-3-7-5(8)4-10-6(7)9;2*1-4-5-9-6(8)7(2)3;1-6(2)5(9)10-3-4(7)8;1-4-8-5(7)6(2)3;1-5-3(6)2-8-4(5)7;1-5(2)4(6)7-3;5-3-1-4(6)7-2-3/h5-8H,9-10H2,1-4H3;1-5H,6-7H2;3-7H,8H2,1-2H3;3-6H,2H2,1H3,(H,9,10,11);4-6H2,1-3H3;2H,1,3-4H2;4-5H2,1-3H3;4H,1,5H2,2-3H3;3H2,1-2H3,(H,7,8);4H2,1-3H3;2H2,1H3;1-3H3;1-2H2. The fourth-order valence-electron chi connectivity index (χ4n) is 7.36. The van der Waals surface area contributed by atoms with Crippen LogP contribution in [-0.2, 0) is 47.8 Å². The summed E-state index contributed by atoms with van der Waals surface area (Å²) in [5, 5.41) is 11.3. The lowest BCUT2D eigenvalue weighted by molar-refractivity contribution is -0.134. The van der Waals surface area contributed by atoms with E-state index in [1.54, 1.807) is 154 Å². The fourth-order valence-corrected chi connectivity index (χ4v) is 19.8. The Labute approximate surface area is 956 Å². The number of pyridine rings is 1. The SMILES string of the molecule is C=CCN1C(=O)CSC1=S.C=CCSC(=S)N(C)C.CCCCSC(=S)N(C)C.CCCSC(=S)N(C)C.CCSC(=S)N(C)C.CCSC(=S)Nc1ccccn1.CN(C)C(=S)SCC(=O)O.CN(C)C(=S)SCc1ccc(CSC(=S)N(C)C)cc1.CN(C)C(=S)SCc1ccccc1.CN1C(=O)CSC1=S.CSC(=S)N(C)C.O=C1CSC(=S)C1.O=C1CSC(=S)N1Cc1ccccc1. The molecular weight excluding hydrogens is 2260 g/mol. The van der Waals surface area contributed by atoms with Gasteiger partial charge >= 0.3 is 5.97 Å². The van der Waals surface area contributed by atoms with Crippen LogP contribution in [0.5, 0.6) is 0 Å². The molecule has 2 N–H and O–H groups in total. The van der Waals surface area contributed by atoms with E-state index < -0.39 is 5.97 Å². The third-order valence-corrected chi connectivity index (χ3v) is 37.3. The number of rotatable bonds is 22. The van der Waals surface area contributed by atoms with Crippen LogP contribution in [0.3, 0.4) is 0 Å². The zero-order valence-electron chi connectivity index (χ0n) is 82.6. The Morgan fingerprint density at radius 1 is 0.431 bits per heavy atom. The number of carbonyl (C=O) groups excluding carboxylic acids is 4. The Hall–Kier alpha value is -2.00. The van der Waals surface area contributed by atoms with Crippen molar-refractivity contribution in [3.63, 3.8) is 0 Å². The van der Waals surface area contributed by atoms with E-state index in [-0.39, 0.29) is 29.3 Å². The van der Waals surface area contributed by atoms with Gasteiger partial charge in [0.15, 0.2) is 0 Å². The largest absolute Gasteiger partial charge is 0.481 e. The summed E-state index contributed by atoms with van der Waals surface area (Å²) >= 11 is 92.0. The summed E-state index contributed by atoms with van der Waals surface area (Å²) < 4.78 is 11.8. The van der Waals surface area contributed by atoms with Crippen molar-refractivity contribution in [2.75, 3.05) is 210 Å². The van der Waals surface area contributed by atoms with Gasteiger partial charge in [-0.3, -0.25) is 33.8 Å². The number of ketones is 1. The number of benzene rings is 3. The minimum Gasteiger partial charge on any atom is -0.481 e. The number of thioether (sulfide) groups is 14. The molecule has 4 fully saturated rings. The molecule has 1 aromatic heterocycles. The van der Waals surface area contributed by atoms with E-state index in [1.165, 1.54) is 87.9 Å². The molecule has 5 heterocycles. The second kappa shape index (κ2) is 91.4. The molecule has 0 spiro atoms. The summed E-state index contributed by atoms with van der Waals surface area (Å²) in [5.41, 5.74) is 5.02. The van der Waals surface area contributed by atoms with Gasteiger partial charge in [0.05, 0.1) is 39.5 Å². The molecule has 766 valence electrons. The quantitative estimate of drug-likeness (QED) is 0.0432. The molecule has 4 aliphatic rings. The Morgan fingerprint density at radius 3 is 1.09 bits per heavy atom. The Kier molecular flexibility index (Phi) is 95.7. The van der Waals surface area contributed by atoms with Crippen molar-refractivity contribution >= 4 is 431 Å². The zero-order valence-corrected chi connectivity index (χ0v) is 105. The summed E-state index contributed by atoms with van der Waals surface area (Å²) in [6, 6.07) is 34.6. The molecular formula is C89H136N14O6S28. The van der Waals surface area contributed by atoms with Crippen LogP contribution in [0.25, 0.3) is 0 Å². The first-order valence-electron chi connectivity index (χ1n) is 41.4. The molecule has 0 aliphatic carbocycles. The fraction of sp³-hybridized carbons (Fsp3) is 0.483. The monoisotopic (exact) mass is 2390 g/mol. The molecule has 137 heavy (non-hydrogen) atoms. The molecule has 8 rings (SSSR count). The lowest BCUT2D eigenvalue weighted by Crippen LogP contribution is -2.28. The van der Waals surface area contributed by atoms with Crippen molar-refractivity contribution in [1.29, 1.82) is 0 Å². The number of nitrogens with zero attached hydrogens (tertiary/aromatic N) is 13. The number of hydrogen-bond acceptors (Lipinski definition) is 34. The summed E-state index contributed by atoms with van der Waals surface area (Å²) in [4.78, 5) is 79.5. The number of unbranched alkanes of at least 4 members (excludes halogenated alkanes) is 1. The van der Waals surface area contributed by atoms with Crippen LogP contribution in [-0.4, -0.2) is 363 Å². The van der Waals surface area contributed by atoms with Crippen molar-refractivity contribution in [2.45, 2.75) is 77.2 Å². The molecule has 0 radical (unpaired) electrons. The smallest absolute Gasteiger partial charge is 0.313 e. The number of Topliss-reactive ketones (excluding diaryl/α,β-unsaturated/α-hetero) is 1. The van der Waals surface area contributed by atoms with Gasteiger partial charge in [0.25, 0.3) is 0 Å². The number of nitrogens with one attached hydrogen (secondary N) is 1. The average Bonchev–Trinajstić information content (AvgIpc) is 1.72. The average molecular weight is 2400 g/mol. The van der Waals surface area contributed by atoms with Gasteiger partial charge in [-0.2, -0.15) is 0 Å². The Morgan fingerprint density at radius 2 is 0.803 bits per heavy atom. The van der Waals surface area contributed by atoms with Crippen LogP contribution in [0.4, 0.5) is 5.82 Å². The molecule has 48 heteroatoms. The predicted octanol–water partition coefficient (Wildman–Crippen LogP) is 23.2. The lowest BCUT2D eigenvalue weighted by Gasteiger charge is -2.14. The van der Waals surface area contributed by atoms with Gasteiger partial charge in [0.1, 0.15) is 67.8 Å². The molecule has 0 saturated carbocycles. The summed E-state index contributed by atoms with van der Waals surface area (Å²) in [5.74, 6) is 10.8. The van der Waals surface area contributed by atoms with Gasteiger partial charge in [-0.15, -0.1) is 36.7 Å². The van der Waals surface area contributed by atoms with Crippen LogP contribution < -0.4 is 5.32 Å². The first-order valence-corrected chi connectivity index (χ1v) is 61.1. The third kappa shape index (κ3) is 82.7. The molecule has 0 atom stereocenters. The minimum atomic E-state index is -0.839. The van der Waals surface area contributed by atoms with Gasteiger partial charge in [-0.25, -0.2) is 4.98 Å². The number of amides is 3. The van der Waals surface area contributed by atoms with Crippen molar-refractivity contribution in [1.82, 2.24) is 63.8 Å². The highest BCUT2D eigenvalue weighted by atomic mass is 32.2. The lowest BCUT2D eigenvalue weighted by atomic mass is 10.2. The highest BCUT2D eigenvalue weighted by Crippen LogP contribution is 2.25. The Bertz CT molecular complexity index is 4190. The zero-order chi connectivity index (χ0) is 106. The maximum Gasteiger partial charge on any atom is 0.313 e. The molecule has 0 unspecified atom stereocenters. The predicted molar refractivity (Wildman–Crippen MR) is 688 cm³/mol. The molecule has 0 bridgehead atoms. The molecule has 20 nitrogen and oxygen atoms in total. The van der Waals surface area contributed by atoms with E-state index in [2.05, 4.69) is 99.7 Å². The number of hydrogen-bond donors (Lipinski definition) is 2. The summed E-state index contributed by atoms with van der Waals surface area (Å²) in [7, 11) is 36.8. The molecule has 4 aliphatic heterocycles. The van der Waals surface area contributed by atoms with Gasteiger partial charge in [-0.05, 0) is 70.7 Å². The van der Waals surface area contributed by atoms with Crippen LogP contribution in [0.2, 0.25) is 0 Å². The van der Waals surface area contributed by atoms with Crippen molar-refractivity contribution in [3.8, 4) is 0 Å². The number of thiocarbonyl (C=S) groups is 14. The second-order valence-electron chi connectivity index (χ2n) is 28.4. The number of carboxylic acid groups (broad SMARTS) is 1. The van der Waals surface area contributed by atoms with E-state index in [0.717, 1.165) is 112 Å². The summed E-state index contributed by atoms with van der Waals surface area (Å²) in [6.07, 6.45) is 11.5. The van der Waals surface area contributed by atoms with Crippen molar-refractivity contribution in [3.05, 3.63) is 157 Å². The maximum atomic E-state index is 11.4. The van der Waals surface area contributed by atoms with E-state index in [0.29, 0.717) is 59.8 Å². The molecule has 4 saturated heterocycles. The number of anilines is 1. The van der Waals surface area contributed by atoms with E-state index in [4.69, 9.17) is 176 Å². The highest BCUT2D eigenvalue weighted by Gasteiger charge is 2.27. The molecule has 3 aromatic carbocycles. The van der Waals surface area contributed by atoms with Crippen LogP contribution >= 0.6 is 336 Å². The normalized spacial score (nSPS) is 12.0. The van der Waals surface area contributed by atoms with Gasteiger partial charge in [0.2, 0.25) is 17.7 Å². The number of aromatic nitrogens is 1. The van der Waals surface area contributed by atoms with E-state index in [9.17, 15) is 24.0 Å². The van der Waals surface area contributed by atoms with Crippen molar-refractivity contribution in [2.24, 2.45) is 0 Å². The third-order valence-electron chi connectivity index (χ3n) is 14.5. The maximum absolute atomic E-state index is 11.4. The van der Waals surface area contributed by atoms with Crippen LogP contribution in [0, 0.1) is 0 Å². The van der Waals surface area contributed by atoms with Gasteiger partial charge in [0, 0.05) is 182 Å². The summed E-state index contributed by atoms with van der Waals surface area (Å²) in [6.45, 7) is 16.8. The number of carbonyl (C=O) groups is 5. The van der Waals surface area contributed by atoms with Gasteiger partial charge in [-0.1, -0.05) is 449 Å². The first-order chi connectivity index (χ1) is 64.4. The minimum absolute atomic E-state index is 0.0387. The van der Waals surface area contributed by atoms with Crippen LogP contribution in [0.15, 0.2) is 135 Å². The second-order valence-corrected chi connectivity index (χ2v) is 51.9. The number of carboxylic acids is 1. The molecule has 4 aromatic rings. The Balaban J connectivity index is -0.000000464. The number of aliphatic carboxylic acids is 1.